The topological polar surface area (TPSA) is 38.3 Å². The Balaban J connectivity index is 2.68. The van der Waals surface area contributed by atoms with Crippen LogP contribution in [0.15, 0.2) is 18.2 Å². The number of ether oxygens (including phenoxy) is 1. The number of carbonyl (C=O) groups is 1. The van der Waals surface area contributed by atoms with E-state index in [1.807, 2.05) is 0 Å². The maximum Gasteiger partial charge on any atom is 0.416 e. The summed E-state index contributed by atoms with van der Waals surface area (Å²) in [5.74, 6) is -0.485. The molecule has 0 saturated carbocycles. The van der Waals surface area contributed by atoms with Crippen LogP contribution in [-0.2, 0) is 22.3 Å². The highest BCUT2D eigenvalue weighted by molar-refractivity contribution is 5.78. The summed E-state index contributed by atoms with van der Waals surface area (Å²) >= 11 is 0. The monoisotopic (exact) mass is 289 g/mol. The first kappa shape index (κ1) is 16.5. The minimum absolute atomic E-state index is 0.189. The standard InChI is InChI=1S/C14H18F3NO2/c1-9-6-12(14(15,16)17)5-4-11(9)7-18-13(19)10(2)8-20-3/h4-6,10H,7-8H2,1-3H3,(H,18,19)/t10-/m1/s1. The SMILES string of the molecule is COC[C@@H](C)C(=O)NCc1ccc(C(F)(F)F)cc1C. The predicted molar refractivity (Wildman–Crippen MR) is 69.1 cm³/mol. The lowest BCUT2D eigenvalue weighted by molar-refractivity contribution is -0.137. The van der Waals surface area contributed by atoms with Crippen molar-refractivity contribution in [3.63, 3.8) is 0 Å². The van der Waals surface area contributed by atoms with E-state index in [0.29, 0.717) is 17.7 Å². The van der Waals surface area contributed by atoms with Crippen LogP contribution in [0.4, 0.5) is 13.2 Å². The number of benzene rings is 1. The summed E-state index contributed by atoms with van der Waals surface area (Å²) in [6, 6.07) is 3.49. The third-order valence-electron chi connectivity index (χ3n) is 2.99. The van der Waals surface area contributed by atoms with Gasteiger partial charge in [0, 0.05) is 13.7 Å². The molecule has 1 atom stereocenters. The average molecular weight is 289 g/mol. The molecule has 1 rings (SSSR count). The normalized spacial score (nSPS) is 13.1. The van der Waals surface area contributed by atoms with Gasteiger partial charge in [0.1, 0.15) is 0 Å². The van der Waals surface area contributed by atoms with Crippen molar-refractivity contribution in [1.82, 2.24) is 5.32 Å². The van der Waals surface area contributed by atoms with Gasteiger partial charge >= 0.3 is 6.18 Å². The Hall–Kier alpha value is -1.56. The molecule has 6 heteroatoms. The van der Waals surface area contributed by atoms with E-state index in [-0.39, 0.29) is 18.4 Å². The molecule has 1 amide bonds. The Morgan fingerprint density at radius 2 is 2.05 bits per heavy atom. The van der Waals surface area contributed by atoms with Crippen molar-refractivity contribution in [1.29, 1.82) is 0 Å². The van der Waals surface area contributed by atoms with Gasteiger partial charge in [0.05, 0.1) is 18.1 Å². The molecule has 0 bridgehead atoms. The van der Waals surface area contributed by atoms with Gasteiger partial charge in [-0.05, 0) is 30.2 Å². The molecule has 3 nitrogen and oxygen atoms in total. The highest BCUT2D eigenvalue weighted by atomic mass is 19.4. The molecule has 0 fully saturated rings. The first-order valence-corrected chi connectivity index (χ1v) is 6.19. The molecular formula is C14H18F3NO2. The maximum atomic E-state index is 12.5. The Labute approximate surface area is 116 Å². The second-order valence-corrected chi connectivity index (χ2v) is 4.71. The number of hydrogen-bond acceptors (Lipinski definition) is 2. The maximum absolute atomic E-state index is 12.5. The largest absolute Gasteiger partial charge is 0.416 e. The molecule has 0 spiro atoms. The Bertz CT molecular complexity index is 472. The summed E-state index contributed by atoms with van der Waals surface area (Å²) < 4.78 is 42.4. The van der Waals surface area contributed by atoms with Crippen molar-refractivity contribution in [3.8, 4) is 0 Å². The van der Waals surface area contributed by atoms with E-state index in [2.05, 4.69) is 5.32 Å². The van der Waals surface area contributed by atoms with Crippen molar-refractivity contribution >= 4 is 5.91 Å². The van der Waals surface area contributed by atoms with E-state index in [4.69, 9.17) is 4.74 Å². The van der Waals surface area contributed by atoms with Gasteiger partial charge in [-0.3, -0.25) is 4.79 Å². The first-order chi connectivity index (χ1) is 9.25. The number of alkyl halides is 3. The van der Waals surface area contributed by atoms with Gasteiger partial charge in [-0.25, -0.2) is 0 Å². The van der Waals surface area contributed by atoms with Gasteiger partial charge in [-0.1, -0.05) is 13.0 Å². The van der Waals surface area contributed by atoms with Crippen LogP contribution in [-0.4, -0.2) is 19.6 Å². The quantitative estimate of drug-likeness (QED) is 0.905. The van der Waals surface area contributed by atoms with E-state index in [9.17, 15) is 18.0 Å². The number of halogens is 3. The first-order valence-electron chi connectivity index (χ1n) is 6.19. The number of rotatable bonds is 5. The molecule has 0 radical (unpaired) electrons. The zero-order valence-corrected chi connectivity index (χ0v) is 11.7. The molecule has 0 aliphatic rings. The number of aryl methyl sites for hydroxylation is 1. The van der Waals surface area contributed by atoms with E-state index in [0.717, 1.165) is 12.1 Å². The fraction of sp³-hybridized carbons (Fsp3) is 0.500. The van der Waals surface area contributed by atoms with Gasteiger partial charge in [0.25, 0.3) is 0 Å². The molecule has 20 heavy (non-hydrogen) atoms. The van der Waals surface area contributed by atoms with Gasteiger partial charge < -0.3 is 10.1 Å². The van der Waals surface area contributed by atoms with Crippen LogP contribution in [0.5, 0.6) is 0 Å². The van der Waals surface area contributed by atoms with Gasteiger partial charge in [0.15, 0.2) is 0 Å². The zero-order valence-electron chi connectivity index (χ0n) is 11.7. The summed E-state index contributed by atoms with van der Waals surface area (Å²) in [6.45, 7) is 3.82. The molecular weight excluding hydrogens is 271 g/mol. The van der Waals surface area contributed by atoms with Crippen molar-refractivity contribution < 1.29 is 22.7 Å². The Morgan fingerprint density at radius 3 is 2.55 bits per heavy atom. The molecule has 0 unspecified atom stereocenters. The second-order valence-electron chi connectivity index (χ2n) is 4.71. The van der Waals surface area contributed by atoms with Gasteiger partial charge in [0.2, 0.25) is 5.91 Å². The fourth-order valence-electron chi connectivity index (χ4n) is 1.75. The smallest absolute Gasteiger partial charge is 0.384 e. The van der Waals surface area contributed by atoms with Crippen LogP contribution < -0.4 is 5.32 Å². The van der Waals surface area contributed by atoms with Crippen LogP contribution in [0, 0.1) is 12.8 Å². The molecule has 1 aromatic rings. The molecule has 0 aliphatic carbocycles. The Kier molecular flexibility index (Phi) is 5.56. The Morgan fingerprint density at radius 1 is 1.40 bits per heavy atom. The number of amides is 1. The number of methoxy groups -OCH3 is 1. The minimum Gasteiger partial charge on any atom is -0.384 e. The number of hydrogen-bond donors (Lipinski definition) is 1. The van der Waals surface area contributed by atoms with Crippen molar-refractivity contribution in [2.75, 3.05) is 13.7 Å². The van der Waals surface area contributed by atoms with Crippen LogP contribution in [0.1, 0.15) is 23.6 Å². The summed E-state index contributed by atoms with van der Waals surface area (Å²) in [4.78, 5) is 11.7. The van der Waals surface area contributed by atoms with E-state index < -0.39 is 11.7 Å². The average Bonchev–Trinajstić information content (AvgIpc) is 2.36. The lowest BCUT2D eigenvalue weighted by atomic mass is 10.0. The predicted octanol–water partition coefficient (Wildman–Crippen LogP) is 2.91. The van der Waals surface area contributed by atoms with Gasteiger partial charge in [-0.15, -0.1) is 0 Å². The molecule has 0 aliphatic heterocycles. The van der Waals surface area contributed by atoms with Crippen molar-refractivity contribution in [3.05, 3.63) is 34.9 Å². The molecule has 1 N–H and O–H groups in total. The zero-order chi connectivity index (χ0) is 15.3. The van der Waals surface area contributed by atoms with Gasteiger partial charge in [-0.2, -0.15) is 13.2 Å². The number of carbonyl (C=O) groups excluding carboxylic acids is 1. The van der Waals surface area contributed by atoms with E-state index in [1.165, 1.54) is 13.2 Å². The molecule has 0 heterocycles. The number of nitrogens with one attached hydrogen (secondary N) is 1. The van der Waals surface area contributed by atoms with E-state index >= 15 is 0 Å². The fourth-order valence-corrected chi connectivity index (χ4v) is 1.75. The molecule has 112 valence electrons. The van der Waals surface area contributed by atoms with Crippen LogP contribution in [0.25, 0.3) is 0 Å². The second kappa shape index (κ2) is 6.74. The summed E-state index contributed by atoms with van der Waals surface area (Å²) in [6.07, 6.45) is -4.35. The summed E-state index contributed by atoms with van der Waals surface area (Å²) in [5, 5.41) is 2.68. The molecule has 0 aromatic heterocycles. The molecule has 0 saturated heterocycles. The van der Waals surface area contributed by atoms with Crippen LogP contribution in [0.3, 0.4) is 0 Å². The van der Waals surface area contributed by atoms with Crippen LogP contribution >= 0.6 is 0 Å². The highest BCUT2D eigenvalue weighted by Gasteiger charge is 2.30. The summed E-state index contributed by atoms with van der Waals surface area (Å²) in [7, 11) is 1.50. The van der Waals surface area contributed by atoms with Crippen molar-refractivity contribution in [2.24, 2.45) is 5.92 Å². The molecule has 1 aromatic carbocycles. The lowest BCUT2D eigenvalue weighted by Crippen LogP contribution is -2.31. The highest BCUT2D eigenvalue weighted by Crippen LogP contribution is 2.30. The van der Waals surface area contributed by atoms with Crippen LogP contribution in [0.2, 0.25) is 0 Å². The lowest BCUT2D eigenvalue weighted by Gasteiger charge is -2.14. The third kappa shape index (κ3) is 4.52. The third-order valence-corrected chi connectivity index (χ3v) is 2.99. The summed E-state index contributed by atoms with van der Waals surface area (Å²) in [5.41, 5.74) is 0.480. The van der Waals surface area contributed by atoms with Crippen molar-refractivity contribution in [2.45, 2.75) is 26.6 Å². The minimum atomic E-state index is -4.35. The van der Waals surface area contributed by atoms with E-state index in [1.54, 1.807) is 13.8 Å².